The lowest BCUT2D eigenvalue weighted by atomic mass is 9.96. The molecule has 0 heterocycles. The predicted octanol–water partition coefficient (Wildman–Crippen LogP) is 2.94. The van der Waals surface area contributed by atoms with E-state index in [-0.39, 0.29) is 0 Å². The zero-order valence-corrected chi connectivity index (χ0v) is 8.21. The Labute approximate surface area is 78.2 Å². The molecule has 2 heteroatoms. The quantitative estimate of drug-likeness (QED) is 0.745. The van der Waals surface area contributed by atoms with Gasteiger partial charge in [-0.3, -0.25) is 0 Å². The standard InChI is InChI=1S/C11H15FO/c1-8(12)9-5-4-6-10(7-9)11(2,3)13/h4-8,13H,1-3H3. The Morgan fingerprint density at radius 2 is 2.00 bits per heavy atom. The molecule has 0 fully saturated rings. The fraction of sp³-hybridized carbons (Fsp3) is 0.455. The number of hydrogen-bond donors (Lipinski definition) is 1. The van der Waals surface area contributed by atoms with Crippen LogP contribution in [0.1, 0.15) is 38.1 Å². The van der Waals surface area contributed by atoms with Crippen molar-refractivity contribution in [3.63, 3.8) is 0 Å². The van der Waals surface area contributed by atoms with E-state index in [2.05, 4.69) is 0 Å². The number of benzene rings is 1. The summed E-state index contributed by atoms with van der Waals surface area (Å²) in [7, 11) is 0. The molecule has 0 aliphatic rings. The maximum Gasteiger partial charge on any atom is 0.122 e. The van der Waals surface area contributed by atoms with E-state index < -0.39 is 11.8 Å². The second-order valence-electron chi connectivity index (χ2n) is 3.80. The van der Waals surface area contributed by atoms with Crippen LogP contribution in [0, 0.1) is 0 Å². The molecule has 0 saturated heterocycles. The van der Waals surface area contributed by atoms with E-state index in [4.69, 9.17) is 0 Å². The van der Waals surface area contributed by atoms with Crippen LogP contribution >= 0.6 is 0 Å². The fourth-order valence-electron chi connectivity index (χ4n) is 1.17. The van der Waals surface area contributed by atoms with Gasteiger partial charge in [0.1, 0.15) is 6.17 Å². The van der Waals surface area contributed by atoms with E-state index in [0.717, 1.165) is 5.56 Å². The molecule has 0 aliphatic heterocycles. The van der Waals surface area contributed by atoms with Crippen LogP contribution in [0.2, 0.25) is 0 Å². The van der Waals surface area contributed by atoms with Crippen LogP contribution in [0.4, 0.5) is 4.39 Å². The maximum atomic E-state index is 12.9. The van der Waals surface area contributed by atoms with Gasteiger partial charge in [-0.2, -0.15) is 0 Å². The van der Waals surface area contributed by atoms with E-state index >= 15 is 0 Å². The number of rotatable bonds is 2. The third-order valence-electron chi connectivity index (χ3n) is 2.05. The van der Waals surface area contributed by atoms with E-state index in [1.165, 1.54) is 6.92 Å². The van der Waals surface area contributed by atoms with E-state index in [1.54, 1.807) is 38.1 Å². The van der Waals surface area contributed by atoms with E-state index in [0.29, 0.717) is 5.56 Å². The second-order valence-corrected chi connectivity index (χ2v) is 3.80. The Morgan fingerprint density at radius 3 is 2.46 bits per heavy atom. The summed E-state index contributed by atoms with van der Waals surface area (Å²) in [4.78, 5) is 0. The fourth-order valence-corrected chi connectivity index (χ4v) is 1.17. The van der Waals surface area contributed by atoms with Gasteiger partial charge in [-0.15, -0.1) is 0 Å². The van der Waals surface area contributed by atoms with Crippen LogP contribution in [0.15, 0.2) is 24.3 Å². The average Bonchev–Trinajstić information content (AvgIpc) is 2.03. The highest BCUT2D eigenvalue weighted by atomic mass is 19.1. The van der Waals surface area contributed by atoms with Crippen molar-refractivity contribution in [3.05, 3.63) is 35.4 Å². The number of aliphatic hydroxyl groups is 1. The van der Waals surface area contributed by atoms with Gasteiger partial charge >= 0.3 is 0 Å². The van der Waals surface area contributed by atoms with Gasteiger partial charge < -0.3 is 5.11 Å². The van der Waals surface area contributed by atoms with Crippen molar-refractivity contribution in [2.24, 2.45) is 0 Å². The molecule has 0 spiro atoms. The minimum Gasteiger partial charge on any atom is -0.386 e. The van der Waals surface area contributed by atoms with Crippen LogP contribution in [-0.2, 0) is 5.60 Å². The molecule has 0 amide bonds. The lowest BCUT2D eigenvalue weighted by molar-refractivity contribution is 0.0784. The normalized spacial score (nSPS) is 14.2. The Hall–Kier alpha value is -0.890. The molecule has 1 aromatic rings. The van der Waals surface area contributed by atoms with E-state index in [1.807, 2.05) is 0 Å². The molecule has 0 saturated carbocycles. The second kappa shape index (κ2) is 3.46. The first kappa shape index (κ1) is 10.2. The van der Waals surface area contributed by atoms with Crippen molar-refractivity contribution in [1.29, 1.82) is 0 Å². The molecule has 1 unspecified atom stereocenters. The highest BCUT2D eigenvalue weighted by Gasteiger charge is 2.16. The molecule has 1 rings (SSSR count). The zero-order valence-electron chi connectivity index (χ0n) is 8.21. The summed E-state index contributed by atoms with van der Waals surface area (Å²) in [6.45, 7) is 4.87. The molecular weight excluding hydrogens is 167 g/mol. The van der Waals surface area contributed by atoms with Crippen molar-refractivity contribution < 1.29 is 9.50 Å². The third kappa shape index (κ3) is 2.52. The van der Waals surface area contributed by atoms with Crippen LogP contribution in [0.25, 0.3) is 0 Å². The Bertz CT molecular complexity index is 286. The highest BCUT2D eigenvalue weighted by molar-refractivity contribution is 5.28. The first-order valence-corrected chi connectivity index (χ1v) is 4.38. The summed E-state index contributed by atoms with van der Waals surface area (Å²) in [5.41, 5.74) is 0.458. The van der Waals surface area contributed by atoms with Crippen molar-refractivity contribution >= 4 is 0 Å². The summed E-state index contributed by atoms with van der Waals surface area (Å²) in [6.07, 6.45) is -0.984. The van der Waals surface area contributed by atoms with Crippen molar-refractivity contribution in [1.82, 2.24) is 0 Å². The minimum absolute atomic E-state index is 0.611. The smallest absolute Gasteiger partial charge is 0.122 e. The summed E-state index contributed by atoms with van der Waals surface area (Å²) in [6, 6.07) is 6.98. The van der Waals surface area contributed by atoms with Crippen LogP contribution in [-0.4, -0.2) is 5.11 Å². The summed E-state index contributed by atoms with van der Waals surface area (Å²) >= 11 is 0. The molecule has 1 nitrogen and oxygen atoms in total. The lowest BCUT2D eigenvalue weighted by Crippen LogP contribution is -2.15. The summed E-state index contributed by atoms with van der Waals surface area (Å²) in [5, 5.41) is 9.67. The Morgan fingerprint density at radius 1 is 1.38 bits per heavy atom. The minimum atomic E-state index is -0.984. The molecule has 0 radical (unpaired) electrons. The molecule has 72 valence electrons. The average molecular weight is 182 g/mol. The lowest BCUT2D eigenvalue weighted by Gasteiger charge is -2.18. The molecule has 1 atom stereocenters. The van der Waals surface area contributed by atoms with Crippen molar-refractivity contribution in [2.45, 2.75) is 32.5 Å². The zero-order chi connectivity index (χ0) is 10.1. The molecule has 1 aromatic carbocycles. The van der Waals surface area contributed by atoms with Gasteiger partial charge in [0.05, 0.1) is 5.60 Å². The molecule has 0 aliphatic carbocycles. The SMILES string of the molecule is CC(F)c1cccc(C(C)(C)O)c1. The maximum absolute atomic E-state index is 12.9. The number of alkyl halides is 1. The molecule has 1 N–H and O–H groups in total. The van der Waals surface area contributed by atoms with Crippen molar-refractivity contribution in [2.75, 3.05) is 0 Å². The largest absolute Gasteiger partial charge is 0.386 e. The summed E-state index contributed by atoms with van der Waals surface area (Å²) in [5.74, 6) is 0. The molecule has 0 bridgehead atoms. The number of hydrogen-bond acceptors (Lipinski definition) is 1. The van der Waals surface area contributed by atoms with Gasteiger partial charge in [-0.1, -0.05) is 24.3 Å². The van der Waals surface area contributed by atoms with E-state index in [9.17, 15) is 9.50 Å². The molecular formula is C11H15FO. The molecule has 0 aromatic heterocycles. The van der Waals surface area contributed by atoms with Gasteiger partial charge in [0.2, 0.25) is 0 Å². The topological polar surface area (TPSA) is 20.2 Å². The van der Waals surface area contributed by atoms with Crippen LogP contribution < -0.4 is 0 Å². The third-order valence-corrected chi connectivity index (χ3v) is 2.05. The van der Waals surface area contributed by atoms with Gasteiger partial charge in [0, 0.05) is 0 Å². The monoisotopic (exact) mass is 182 g/mol. The van der Waals surface area contributed by atoms with Gasteiger partial charge in [0.25, 0.3) is 0 Å². The van der Waals surface area contributed by atoms with Gasteiger partial charge in [-0.05, 0) is 31.9 Å². The Balaban J connectivity index is 3.06. The summed E-state index contributed by atoms with van der Waals surface area (Å²) < 4.78 is 12.9. The first-order chi connectivity index (χ1) is 5.91. The van der Waals surface area contributed by atoms with Crippen LogP contribution in [0.5, 0.6) is 0 Å². The van der Waals surface area contributed by atoms with Gasteiger partial charge in [0.15, 0.2) is 0 Å². The predicted molar refractivity (Wildman–Crippen MR) is 51.2 cm³/mol. The van der Waals surface area contributed by atoms with Crippen LogP contribution in [0.3, 0.4) is 0 Å². The Kier molecular flexibility index (Phi) is 2.71. The van der Waals surface area contributed by atoms with Crippen molar-refractivity contribution in [3.8, 4) is 0 Å². The number of halogens is 1. The van der Waals surface area contributed by atoms with Gasteiger partial charge in [-0.25, -0.2) is 4.39 Å². The highest BCUT2D eigenvalue weighted by Crippen LogP contribution is 2.24. The molecule has 13 heavy (non-hydrogen) atoms. The first-order valence-electron chi connectivity index (χ1n) is 4.38.